The van der Waals surface area contributed by atoms with Crippen LogP contribution in [0.15, 0.2) is 64.8 Å². The van der Waals surface area contributed by atoms with Gasteiger partial charge in [-0.05, 0) is 17.5 Å². The molecule has 0 aromatic heterocycles. The number of nitrogens with two attached hydrogens (primary N) is 1. The van der Waals surface area contributed by atoms with Crippen molar-refractivity contribution in [3.63, 3.8) is 0 Å². The summed E-state index contributed by atoms with van der Waals surface area (Å²) in [5, 5.41) is 8.52. The van der Waals surface area contributed by atoms with E-state index in [0.29, 0.717) is 5.17 Å². The molecule has 2 N–H and O–H groups in total. The highest BCUT2D eigenvalue weighted by Crippen LogP contribution is 2.22. The van der Waals surface area contributed by atoms with E-state index in [-0.39, 0.29) is 6.29 Å². The Morgan fingerprint density at radius 3 is 2.52 bits per heavy atom. The summed E-state index contributed by atoms with van der Waals surface area (Å²) < 4.78 is 11.2. The second kappa shape index (κ2) is 9.36. The molecule has 1 aliphatic heterocycles. The van der Waals surface area contributed by atoms with Crippen LogP contribution in [0.1, 0.15) is 29.4 Å². The highest BCUT2D eigenvalue weighted by Gasteiger charge is 2.15. The Morgan fingerprint density at radius 2 is 1.80 bits per heavy atom. The molecule has 130 valence electrons. The normalized spacial score (nSPS) is 16.4. The number of benzene rings is 2. The van der Waals surface area contributed by atoms with E-state index in [9.17, 15) is 0 Å². The molecule has 1 aliphatic rings. The van der Waals surface area contributed by atoms with Gasteiger partial charge in [0, 0.05) is 11.3 Å². The third-order valence-electron chi connectivity index (χ3n) is 3.63. The first-order chi connectivity index (χ1) is 12.3. The van der Waals surface area contributed by atoms with Crippen molar-refractivity contribution in [2.45, 2.75) is 18.5 Å². The molecule has 6 heteroatoms. The average molecular weight is 355 g/mol. The summed E-state index contributed by atoms with van der Waals surface area (Å²) in [4.78, 5) is 0. The largest absolute Gasteiger partial charge is 0.377 e. The van der Waals surface area contributed by atoms with Crippen LogP contribution >= 0.6 is 11.8 Å². The van der Waals surface area contributed by atoms with Crippen molar-refractivity contribution in [1.29, 1.82) is 0 Å². The molecule has 1 saturated heterocycles. The van der Waals surface area contributed by atoms with Crippen molar-refractivity contribution in [3.8, 4) is 0 Å². The molecule has 2 aromatic carbocycles. The van der Waals surface area contributed by atoms with Crippen molar-refractivity contribution < 1.29 is 9.47 Å². The summed E-state index contributed by atoms with van der Waals surface area (Å²) in [7, 11) is 0. The van der Waals surface area contributed by atoms with Crippen molar-refractivity contribution in [3.05, 3.63) is 71.3 Å². The lowest BCUT2D eigenvalue weighted by Gasteiger charge is -2.23. The number of nitrogens with zero attached hydrogens (tertiary/aromatic N) is 2. The molecule has 0 bridgehead atoms. The van der Waals surface area contributed by atoms with Crippen molar-refractivity contribution in [1.82, 2.24) is 0 Å². The summed E-state index contributed by atoms with van der Waals surface area (Å²) in [6, 6.07) is 18.0. The minimum atomic E-state index is -0.261. The molecule has 3 rings (SSSR count). The van der Waals surface area contributed by atoms with Crippen molar-refractivity contribution in [2.24, 2.45) is 15.9 Å². The number of hydrogen-bond acceptors (Lipinski definition) is 5. The highest BCUT2D eigenvalue weighted by atomic mass is 32.2. The van der Waals surface area contributed by atoms with Gasteiger partial charge in [-0.15, -0.1) is 5.10 Å². The summed E-state index contributed by atoms with van der Waals surface area (Å²) in [5.41, 5.74) is 9.04. The van der Waals surface area contributed by atoms with E-state index < -0.39 is 0 Å². The Labute approximate surface area is 151 Å². The molecule has 1 fully saturated rings. The van der Waals surface area contributed by atoms with Gasteiger partial charge in [0.2, 0.25) is 0 Å². The third-order valence-corrected chi connectivity index (χ3v) is 4.48. The molecule has 0 saturated carbocycles. The van der Waals surface area contributed by atoms with E-state index in [2.05, 4.69) is 22.3 Å². The maximum Gasteiger partial charge on any atom is 0.183 e. The van der Waals surface area contributed by atoms with Crippen LogP contribution in [0.3, 0.4) is 0 Å². The van der Waals surface area contributed by atoms with Crippen molar-refractivity contribution >= 4 is 23.1 Å². The predicted molar refractivity (Wildman–Crippen MR) is 103 cm³/mol. The van der Waals surface area contributed by atoms with Gasteiger partial charge in [0.1, 0.15) is 0 Å². The molecule has 5 nitrogen and oxygen atoms in total. The molecular formula is C19H21N3O2S. The lowest BCUT2D eigenvalue weighted by Crippen LogP contribution is -2.17. The SMILES string of the molecule is NC(=NN=Cc1ccc(C2OCCCO2)cc1)SCc1ccccc1. The number of hydrogen-bond donors (Lipinski definition) is 1. The van der Waals surface area contributed by atoms with E-state index >= 15 is 0 Å². The maximum atomic E-state index is 5.87. The molecule has 0 aliphatic carbocycles. The quantitative estimate of drug-likeness (QED) is 0.504. The van der Waals surface area contributed by atoms with E-state index in [1.807, 2.05) is 42.5 Å². The van der Waals surface area contributed by atoms with Crippen LogP contribution in [0.2, 0.25) is 0 Å². The molecule has 0 spiro atoms. The van der Waals surface area contributed by atoms with Crippen LogP contribution in [0, 0.1) is 0 Å². The number of rotatable bonds is 5. The zero-order chi connectivity index (χ0) is 17.3. The number of amidine groups is 1. The monoisotopic (exact) mass is 355 g/mol. The Balaban J connectivity index is 1.50. The van der Waals surface area contributed by atoms with Gasteiger partial charge in [-0.1, -0.05) is 66.4 Å². The molecule has 0 radical (unpaired) electrons. The first-order valence-electron chi connectivity index (χ1n) is 8.17. The summed E-state index contributed by atoms with van der Waals surface area (Å²) in [6.07, 6.45) is 2.37. The minimum Gasteiger partial charge on any atom is -0.377 e. The van der Waals surface area contributed by atoms with Gasteiger partial charge in [0.15, 0.2) is 11.5 Å². The summed E-state index contributed by atoms with van der Waals surface area (Å²) in [6.45, 7) is 1.48. The second-order valence-corrected chi connectivity index (χ2v) is 6.55. The maximum absolute atomic E-state index is 5.87. The first kappa shape index (κ1) is 17.7. The van der Waals surface area contributed by atoms with Gasteiger partial charge >= 0.3 is 0 Å². The molecule has 25 heavy (non-hydrogen) atoms. The Hall–Kier alpha value is -2.15. The van der Waals surface area contributed by atoms with E-state index in [0.717, 1.165) is 36.5 Å². The van der Waals surface area contributed by atoms with Gasteiger partial charge in [-0.3, -0.25) is 0 Å². The smallest absolute Gasteiger partial charge is 0.183 e. The van der Waals surface area contributed by atoms with Gasteiger partial charge in [0.05, 0.1) is 19.4 Å². The number of thioether (sulfide) groups is 1. The average Bonchev–Trinajstić information content (AvgIpc) is 2.68. The lowest BCUT2D eigenvalue weighted by molar-refractivity contribution is -0.183. The zero-order valence-electron chi connectivity index (χ0n) is 13.9. The molecule has 0 amide bonds. The first-order valence-corrected chi connectivity index (χ1v) is 9.16. The van der Waals surface area contributed by atoms with Crippen LogP contribution < -0.4 is 5.73 Å². The summed E-state index contributed by atoms with van der Waals surface area (Å²) >= 11 is 1.47. The van der Waals surface area contributed by atoms with Gasteiger partial charge in [0.25, 0.3) is 0 Å². The Kier molecular flexibility index (Phi) is 6.62. The van der Waals surface area contributed by atoms with Crippen LogP contribution in [0.5, 0.6) is 0 Å². The van der Waals surface area contributed by atoms with Gasteiger partial charge in [-0.25, -0.2) is 0 Å². The predicted octanol–water partition coefficient (Wildman–Crippen LogP) is 3.70. The molecule has 1 heterocycles. The third kappa shape index (κ3) is 5.70. The van der Waals surface area contributed by atoms with E-state index in [4.69, 9.17) is 15.2 Å². The van der Waals surface area contributed by atoms with E-state index in [1.54, 1.807) is 6.21 Å². The zero-order valence-corrected chi connectivity index (χ0v) is 14.7. The van der Waals surface area contributed by atoms with Crippen molar-refractivity contribution in [2.75, 3.05) is 13.2 Å². The standard InChI is InChI=1S/C19H21N3O2S/c20-19(25-14-16-5-2-1-3-6-16)22-21-13-15-7-9-17(10-8-15)18-23-11-4-12-24-18/h1-3,5-10,13,18H,4,11-12,14H2,(H2,20,22). The molecule has 2 aromatic rings. The lowest BCUT2D eigenvalue weighted by atomic mass is 10.1. The second-order valence-electron chi connectivity index (χ2n) is 5.55. The fourth-order valence-electron chi connectivity index (χ4n) is 2.33. The Bertz CT molecular complexity index is 711. The van der Waals surface area contributed by atoms with Crippen LogP contribution in [-0.4, -0.2) is 24.6 Å². The Morgan fingerprint density at radius 1 is 1.08 bits per heavy atom. The van der Waals surface area contributed by atoms with Crippen LogP contribution in [0.25, 0.3) is 0 Å². The fraction of sp³-hybridized carbons (Fsp3) is 0.263. The highest BCUT2D eigenvalue weighted by molar-refractivity contribution is 8.13. The fourth-order valence-corrected chi connectivity index (χ4v) is 2.94. The summed E-state index contributed by atoms with van der Waals surface area (Å²) in [5.74, 6) is 0.780. The minimum absolute atomic E-state index is 0.261. The molecule has 0 unspecified atom stereocenters. The number of ether oxygens (including phenoxy) is 2. The van der Waals surface area contributed by atoms with E-state index in [1.165, 1.54) is 17.3 Å². The molecule has 0 atom stereocenters. The van der Waals surface area contributed by atoms with Crippen LogP contribution in [-0.2, 0) is 15.2 Å². The van der Waals surface area contributed by atoms with Gasteiger partial charge in [-0.2, -0.15) is 5.10 Å². The van der Waals surface area contributed by atoms with Crippen LogP contribution in [0.4, 0.5) is 0 Å². The molecular weight excluding hydrogens is 334 g/mol. The van der Waals surface area contributed by atoms with Gasteiger partial charge < -0.3 is 15.2 Å². The topological polar surface area (TPSA) is 69.2 Å².